The van der Waals surface area contributed by atoms with E-state index >= 15 is 0 Å². The summed E-state index contributed by atoms with van der Waals surface area (Å²) in [6.07, 6.45) is 4.87. The number of nitrogens with zero attached hydrogens (tertiary/aromatic N) is 6. The number of halogens is 2. The van der Waals surface area contributed by atoms with Gasteiger partial charge in [-0.2, -0.15) is 5.10 Å². The second-order valence-electron chi connectivity index (χ2n) is 5.77. The first-order valence-electron chi connectivity index (χ1n) is 7.95. The second kappa shape index (κ2) is 7.08. The monoisotopic (exact) mass is 434 g/mol. The number of fused-ring (bicyclic) bond motifs is 1. The summed E-state index contributed by atoms with van der Waals surface area (Å²) in [6.45, 7) is 0. The molecule has 142 valence electrons. The summed E-state index contributed by atoms with van der Waals surface area (Å²) in [7, 11) is 1.72. The van der Waals surface area contributed by atoms with Crippen molar-refractivity contribution in [1.82, 2.24) is 28.9 Å². The number of aromatic nitrogens is 6. The quantitative estimate of drug-likeness (QED) is 0.363. The lowest BCUT2D eigenvalue weighted by molar-refractivity contribution is 0.731. The lowest BCUT2D eigenvalue weighted by Crippen LogP contribution is -2.39. The van der Waals surface area contributed by atoms with Crippen LogP contribution in [0.2, 0.25) is 10.0 Å². The highest BCUT2D eigenvalue weighted by Crippen LogP contribution is 2.27. The van der Waals surface area contributed by atoms with Gasteiger partial charge in [-0.25, -0.2) is 23.9 Å². The number of hydrogen-bond acceptors (Lipinski definition) is 6. The van der Waals surface area contributed by atoms with Crippen molar-refractivity contribution in [2.24, 2.45) is 7.05 Å². The lowest BCUT2D eigenvalue weighted by Gasteiger charge is -2.14. The third kappa shape index (κ3) is 2.92. The summed E-state index contributed by atoms with van der Waals surface area (Å²) in [5.74, 6) is 0.306. The molecule has 3 heterocycles. The Balaban J connectivity index is 2.23. The average molecular weight is 435 g/mol. The predicted octanol–water partition coefficient (Wildman–Crippen LogP) is 2.69. The summed E-state index contributed by atoms with van der Waals surface area (Å²) in [5.41, 5.74) is -1.04. The van der Waals surface area contributed by atoms with Crippen LogP contribution in [0.15, 0.2) is 51.4 Å². The first-order chi connectivity index (χ1) is 13.4. The van der Waals surface area contributed by atoms with Gasteiger partial charge in [0.2, 0.25) is 0 Å². The number of rotatable bonds is 3. The fourth-order valence-electron chi connectivity index (χ4n) is 2.80. The fraction of sp³-hybridized carbons (Fsp3) is 0.118. The highest BCUT2D eigenvalue weighted by molar-refractivity contribution is 7.98. The minimum absolute atomic E-state index is 0.0985. The molecule has 3 aromatic heterocycles. The van der Waals surface area contributed by atoms with Gasteiger partial charge in [-0.15, -0.1) is 0 Å². The Bertz CT molecular complexity index is 1320. The first kappa shape index (κ1) is 18.7. The number of thioether (sulfide) groups is 1. The maximum absolute atomic E-state index is 13.4. The Morgan fingerprint density at radius 2 is 1.79 bits per heavy atom. The van der Waals surface area contributed by atoms with Crippen molar-refractivity contribution in [3.05, 3.63) is 67.5 Å². The SMILES string of the molecule is CSc1ncc2c(=O)n(-c3c(Cl)cccc3Cl)c(=O)n(-c3ccn(C)n3)c2n1. The van der Waals surface area contributed by atoms with Crippen molar-refractivity contribution in [1.29, 1.82) is 0 Å². The molecular weight excluding hydrogens is 423 g/mol. The molecule has 0 fully saturated rings. The molecule has 0 unspecified atom stereocenters. The number of aryl methyl sites for hydroxylation is 1. The van der Waals surface area contributed by atoms with E-state index in [1.54, 1.807) is 48.4 Å². The van der Waals surface area contributed by atoms with Crippen molar-refractivity contribution in [3.63, 3.8) is 0 Å². The van der Waals surface area contributed by atoms with Gasteiger partial charge in [0.15, 0.2) is 16.6 Å². The molecule has 4 aromatic rings. The molecule has 0 aliphatic heterocycles. The number of hydrogen-bond donors (Lipinski definition) is 0. The average Bonchev–Trinajstić information content (AvgIpc) is 3.09. The van der Waals surface area contributed by atoms with Crippen LogP contribution in [0.4, 0.5) is 0 Å². The van der Waals surface area contributed by atoms with Crippen molar-refractivity contribution < 1.29 is 0 Å². The van der Waals surface area contributed by atoms with Gasteiger partial charge in [-0.05, 0) is 18.4 Å². The Morgan fingerprint density at radius 3 is 2.39 bits per heavy atom. The molecule has 1 aromatic carbocycles. The minimum atomic E-state index is -0.683. The van der Waals surface area contributed by atoms with Crippen LogP contribution in [0.5, 0.6) is 0 Å². The Kier molecular flexibility index (Phi) is 4.74. The van der Waals surface area contributed by atoms with Crippen molar-refractivity contribution in [3.8, 4) is 11.5 Å². The Morgan fingerprint density at radius 1 is 1.07 bits per heavy atom. The Labute approximate surface area is 172 Å². The third-order valence-corrected chi connectivity index (χ3v) is 5.22. The summed E-state index contributed by atoms with van der Waals surface area (Å²) in [5, 5.41) is 5.18. The maximum atomic E-state index is 13.4. The topological polar surface area (TPSA) is 87.6 Å². The van der Waals surface area contributed by atoms with E-state index in [1.165, 1.54) is 22.5 Å². The minimum Gasteiger partial charge on any atom is -0.274 e. The maximum Gasteiger partial charge on any atom is 0.343 e. The van der Waals surface area contributed by atoms with Crippen LogP contribution < -0.4 is 11.2 Å². The van der Waals surface area contributed by atoms with E-state index in [0.717, 1.165) is 4.57 Å². The lowest BCUT2D eigenvalue weighted by atomic mass is 10.3. The molecule has 0 radical (unpaired) electrons. The van der Waals surface area contributed by atoms with Crippen molar-refractivity contribution in [2.45, 2.75) is 5.16 Å². The summed E-state index contributed by atoms with van der Waals surface area (Å²) < 4.78 is 3.71. The highest BCUT2D eigenvalue weighted by atomic mass is 35.5. The van der Waals surface area contributed by atoms with Crippen LogP contribution >= 0.6 is 35.0 Å². The zero-order chi connectivity index (χ0) is 20.0. The van der Waals surface area contributed by atoms with Gasteiger partial charge in [-0.1, -0.05) is 41.0 Å². The van der Waals surface area contributed by atoms with E-state index < -0.39 is 11.2 Å². The fourth-order valence-corrected chi connectivity index (χ4v) is 3.71. The molecule has 0 amide bonds. The van der Waals surface area contributed by atoms with Gasteiger partial charge >= 0.3 is 5.69 Å². The summed E-state index contributed by atoms with van der Waals surface area (Å²) in [6, 6.07) is 6.38. The predicted molar refractivity (Wildman–Crippen MR) is 109 cm³/mol. The van der Waals surface area contributed by atoms with Gasteiger partial charge in [0.1, 0.15) is 5.39 Å². The molecule has 8 nitrogen and oxygen atoms in total. The van der Waals surface area contributed by atoms with Crippen LogP contribution in [0, 0.1) is 0 Å². The molecule has 0 aliphatic rings. The van der Waals surface area contributed by atoms with E-state index in [0.29, 0.717) is 11.0 Å². The highest BCUT2D eigenvalue weighted by Gasteiger charge is 2.21. The molecule has 0 saturated carbocycles. The molecule has 0 N–H and O–H groups in total. The van der Waals surface area contributed by atoms with E-state index in [2.05, 4.69) is 15.1 Å². The molecule has 0 atom stereocenters. The van der Waals surface area contributed by atoms with Crippen LogP contribution in [-0.2, 0) is 7.05 Å². The van der Waals surface area contributed by atoms with Gasteiger partial charge < -0.3 is 0 Å². The molecule has 4 rings (SSSR count). The summed E-state index contributed by atoms with van der Waals surface area (Å²) in [4.78, 5) is 35.1. The molecule has 28 heavy (non-hydrogen) atoms. The zero-order valence-electron chi connectivity index (χ0n) is 14.6. The van der Waals surface area contributed by atoms with Crippen molar-refractivity contribution in [2.75, 3.05) is 6.26 Å². The number of benzene rings is 1. The van der Waals surface area contributed by atoms with Crippen LogP contribution in [0.1, 0.15) is 0 Å². The third-order valence-electron chi connectivity index (χ3n) is 4.05. The Hall–Kier alpha value is -2.62. The zero-order valence-corrected chi connectivity index (χ0v) is 17.0. The summed E-state index contributed by atoms with van der Waals surface area (Å²) >= 11 is 13.8. The van der Waals surface area contributed by atoms with Gasteiger partial charge in [0.25, 0.3) is 5.56 Å². The van der Waals surface area contributed by atoms with E-state index in [-0.39, 0.29) is 26.8 Å². The van der Waals surface area contributed by atoms with Crippen molar-refractivity contribution >= 4 is 46.0 Å². The normalized spacial score (nSPS) is 11.3. The molecule has 0 spiro atoms. The van der Waals surface area contributed by atoms with E-state index in [1.807, 2.05) is 0 Å². The van der Waals surface area contributed by atoms with Gasteiger partial charge in [-0.3, -0.25) is 9.48 Å². The molecule has 0 saturated heterocycles. The van der Waals surface area contributed by atoms with Gasteiger partial charge in [0.05, 0.1) is 15.7 Å². The smallest absolute Gasteiger partial charge is 0.274 e. The van der Waals surface area contributed by atoms with Crippen LogP contribution in [-0.4, -0.2) is 35.1 Å². The number of para-hydroxylation sites is 1. The second-order valence-corrected chi connectivity index (χ2v) is 7.36. The molecule has 0 aliphatic carbocycles. The molecule has 0 bridgehead atoms. The van der Waals surface area contributed by atoms with E-state index in [9.17, 15) is 9.59 Å². The standard InChI is InChI=1S/C17H12Cl2N6O2S/c1-23-7-6-12(22-23)24-14-9(8-20-16(21-14)28-2)15(26)25(17(24)27)13-10(18)4-3-5-11(13)19/h3-8H,1-2H3. The van der Waals surface area contributed by atoms with Crippen LogP contribution in [0.3, 0.4) is 0 Å². The van der Waals surface area contributed by atoms with Crippen LogP contribution in [0.25, 0.3) is 22.5 Å². The largest absolute Gasteiger partial charge is 0.343 e. The first-order valence-corrected chi connectivity index (χ1v) is 9.93. The van der Waals surface area contributed by atoms with E-state index in [4.69, 9.17) is 23.2 Å². The van der Waals surface area contributed by atoms with Gasteiger partial charge in [0, 0.05) is 25.5 Å². The molecular formula is C17H12Cl2N6O2S. The molecule has 11 heteroatoms.